The first-order valence-electron chi connectivity index (χ1n) is 6.30. The van der Waals surface area contributed by atoms with Crippen molar-refractivity contribution in [3.8, 4) is 5.75 Å². The fraction of sp³-hybridized carbons (Fsp3) is 0.571. The van der Waals surface area contributed by atoms with Gasteiger partial charge >= 0.3 is 0 Å². The molecular weight excluding hydrogens is 230 g/mol. The van der Waals surface area contributed by atoms with Crippen LogP contribution in [0.15, 0.2) is 18.2 Å². The highest BCUT2D eigenvalue weighted by molar-refractivity contribution is 5.38. The van der Waals surface area contributed by atoms with Crippen molar-refractivity contribution in [1.29, 1.82) is 0 Å². The highest BCUT2D eigenvalue weighted by Gasteiger charge is 2.34. The van der Waals surface area contributed by atoms with Crippen LogP contribution in [0.5, 0.6) is 5.75 Å². The van der Waals surface area contributed by atoms with E-state index >= 15 is 0 Å². The molecular formula is C14H21NO3. The molecule has 0 spiro atoms. The molecule has 1 aliphatic rings. The molecule has 1 aromatic rings. The topological polar surface area (TPSA) is 53.7 Å². The predicted octanol–water partition coefficient (Wildman–Crippen LogP) is 1.80. The van der Waals surface area contributed by atoms with Crippen molar-refractivity contribution in [3.63, 3.8) is 0 Å². The van der Waals surface area contributed by atoms with Crippen LogP contribution >= 0.6 is 0 Å². The molecule has 2 rings (SSSR count). The predicted molar refractivity (Wildman–Crippen MR) is 69.6 cm³/mol. The summed E-state index contributed by atoms with van der Waals surface area (Å²) in [6.45, 7) is 5.07. The average Bonchev–Trinajstić information content (AvgIpc) is 2.41. The lowest BCUT2D eigenvalue weighted by molar-refractivity contribution is -0.270. The summed E-state index contributed by atoms with van der Waals surface area (Å²) < 4.78 is 16.8. The Labute approximate surface area is 108 Å². The smallest absolute Gasteiger partial charge is 0.192 e. The van der Waals surface area contributed by atoms with Gasteiger partial charge in [-0.2, -0.15) is 0 Å². The van der Waals surface area contributed by atoms with Crippen LogP contribution in [0.2, 0.25) is 0 Å². The van der Waals surface area contributed by atoms with Gasteiger partial charge in [-0.25, -0.2) is 0 Å². The highest BCUT2D eigenvalue weighted by Crippen LogP contribution is 2.33. The molecule has 100 valence electrons. The molecule has 0 aromatic heterocycles. The van der Waals surface area contributed by atoms with Crippen LogP contribution in [-0.2, 0) is 21.7 Å². The molecule has 18 heavy (non-hydrogen) atoms. The Bertz CT molecular complexity index is 412. The van der Waals surface area contributed by atoms with Crippen LogP contribution in [0, 0.1) is 0 Å². The van der Waals surface area contributed by atoms with Crippen molar-refractivity contribution >= 4 is 0 Å². The van der Waals surface area contributed by atoms with E-state index in [0.717, 1.165) is 23.3 Å². The SMILES string of the molecule is CCc1cc(C2(C)OCC(N)CO2)ccc1OC. The Kier molecular flexibility index (Phi) is 3.90. The number of hydrogen-bond donors (Lipinski definition) is 1. The van der Waals surface area contributed by atoms with E-state index in [1.54, 1.807) is 7.11 Å². The van der Waals surface area contributed by atoms with Crippen molar-refractivity contribution in [2.45, 2.75) is 32.1 Å². The molecule has 0 unspecified atom stereocenters. The minimum Gasteiger partial charge on any atom is -0.496 e. The second-order valence-corrected chi connectivity index (χ2v) is 4.71. The third kappa shape index (κ3) is 2.51. The van der Waals surface area contributed by atoms with E-state index in [2.05, 4.69) is 13.0 Å². The molecule has 1 fully saturated rings. The molecule has 4 nitrogen and oxygen atoms in total. The van der Waals surface area contributed by atoms with Crippen LogP contribution < -0.4 is 10.5 Å². The number of nitrogens with two attached hydrogens (primary N) is 1. The number of methoxy groups -OCH3 is 1. The molecule has 1 aliphatic heterocycles. The monoisotopic (exact) mass is 251 g/mol. The summed E-state index contributed by atoms with van der Waals surface area (Å²) in [6, 6.07) is 5.98. The van der Waals surface area contributed by atoms with E-state index in [1.807, 2.05) is 19.1 Å². The summed E-state index contributed by atoms with van der Waals surface area (Å²) >= 11 is 0. The van der Waals surface area contributed by atoms with E-state index < -0.39 is 5.79 Å². The normalized spacial score (nSPS) is 28.1. The van der Waals surface area contributed by atoms with Gasteiger partial charge in [-0.15, -0.1) is 0 Å². The second-order valence-electron chi connectivity index (χ2n) is 4.71. The van der Waals surface area contributed by atoms with Crippen LogP contribution in [0.25, 0.3) is 0 Å². The molecule has 1 saturated heterocycles. The van der Waals surface area contributed by atoms with Crippen molar-refractivity contribution < 1.29 is 14.2 Å². The molecule has 0 aliphatic carbocycles. The maximum atomic E-state index is 5.77. The summed E-state index contributed by atoms with van der Waals surface area (Å²) in [4.78, 5) is 0. The van der Waals surface area contributed by atoms with Crippen LogP contribution in [-0.4, -0.2) is 26.4 Å². The number of ether oxygens (including phenoxy) is 3. The molecule has 1 heterocycles. The van der Waals surface area contributed by atoms with Crippen molar-refractivity contribution in [2.75, 3.05) is 20.3 Å². The summed E-state index contributed by atoms with van der Waals surface area (Å²) in [6.07, 6.45) is 0.909. The number of hydrogen-bond acceptors (Lipinski definition) is 4. The van der Waals surface area contributed by atoms with Gasteiger partial charge in [0.1, 0.15) is 5.75 Å². The van der Waals surface area contributed by atoms with Crippen LogP contribution in [0.4, 0.5) is 0 Å². The zero-order valence-electron chi connectivity index (χ0n) is 11.2. The van der Waals surface area contributed by atoms with Gasteiger partial charge < -0.3 is 19.9 Å². The molecule has 0 amide bonds. The minimum atomic E-state index is -0.702. The lowest BCUT2D eigenvalue weighted by Gasteiger charge is -2.37. The zero-order valence-corrected chi connectivity index (χ0v) is 11.2. The Hall–Kier alpha value is -1.10. The number of rotatable bonds is 3. The van der Waals surface area contributed by atoms with Gasteiger partial charge in [-0.3, -0.25) is 0 Å². The van der Waals surface area contributed by atoms with Gasteiger partial charge in [0.25, 0.3) is 0 Å². The van der Waals surface area contributed by atoms with Gasteiger partial charge in [0.15, 0.2) is 5.79 Å². The third-order valence-electron chi connectivity index (χ3n) is 3.33. The fourth-order valence-electron chi connectivity index (χ4n) is 2.13. The molecule has 2 N–H and O–H groups in total. The van der Waals surface area contributed by atoms with Crippen molar-refractivity contribution in [2.24, 2.45) is 5.73 Å². The van der Waals surface area contributed by atoms with Gasteiger partial charge in [0, 0.05) is 5.56 Å². The first-order chi connectivity index (χ1) is 8.59. The number of benzene rings is 1. The first kappa shape index (κ1) is 13.3. The number of aryl methyl sites for hydroxylation is 1. The Morgan fingerprint density at radius 1 is 1.39 bits per heavy atom. The third-order valence-corrected chi connectivity index (χ3v) is 3.33. The lowest BCUT2D eigenvalue weighted by atomic mass is 10.0. The van der Waals surface area contributed by atoms with Crippen LogP contribution in [0.3, 0.4) is 0 Å². The summed E-state index contributed by atoms with van der Waals surface area (Å²) in [5.74, 6) is 0.198. The van der Waals surface area contributed by atoms with Crippen molar-refractivity contribution in [1.82, 2.24) is 0 Å². The lowest BCUT2D eigenvalue weighted by Crippen LogP contribution is -2.46. The van der Waals surface area contributed by atoms with E-state index in [4.69, 9.17) is 19.9 Å². The van der Waals surface area contributed by atoms with E-state index in [-0.39, 0.29) is 6.04 Å². The highest BCUT2D eigenvalue weighted by atomic mass is 16.7. The van der Waals surface area contributed by atoms with E-state index in [0.29, 0.717) is 13.2 Å². The van der Waals surface area contributed by atoms with Gasteiger partial charge in [0.2, 0.25) is 0 Å². The summed E-state index contributed by atoms with van der Waals surface area (Å²) in [5.41, 5.74) is 7.92. The molecule has 0 radical (unpaired) electrons. The summed E-state index contributed by atoms with van der Waals surface area (Å²) in [5, 5.41) is 0. The van der Waals surface area contributed by atoms with Crippen molar-refractivity contribution in [3.05, 3.63) is 29.3 Å². The Morgan fingerprint density at radius 3 is 2.61 bits per heavy atom. The van der Waals surface area contributed by atoms with E-state index in [9.17, 15) is 0 Å². The average molecular weight is 251 g/mol. The first-order valence-corrected chi connectivity index (χ1v) is 6.30. The maximum Gasteiger partial charge on any atom is 0.192 e. The quantitative estimate of drug-likeness (QED) is 0.890. The molecule has 0 bridgehead atoms. The molecule has 1 aromatic carbocycles. The second kappa shape index (κ2) is 5.26. The summed E-state index contributed by atoms with van der Waals surface area (Å²) in [7, 11) is 1.68. The standard InChI is InChI=1S/C14H21NO3/c1-4-10-7-11(5-6-13(10)16-3)14(2)17-8-12(15)9-18-14/h5-7,12H,4,8-9,15H2,1-3H3. The van der Waals surface area contributed by atoms with Gasteiger partial charge in [-0.05, 0) is 37.1 Å². The largest absolute Gasteiger partial charge is 0.496 e. The minimum absolute atomic E-state index is 0.0398. The molecule has 0 atom stereocenters. The van der Waals surface area contributed by atoms with Crippen LogP contribution in [0.1, 0.15) is 25.0 Å². The van der Waals surface area contributed by atoms with Gasteiger partial charge in [0.05, 0.1) is 26.4 Å². The molecule has 0 saturated carbocycles. The van der Waals surface area contributed by atoms with Gasteiger partial charge in [-0.1, -0.05) is 6.92 Å². The Morgan fingerprint density at radius 2 is 2.06 bits per heavy atom. The molecule has 4 heteroatoms. The van der Waals surface area contributed by atoms with E-state index in [1.165, 1.54) is 0 Å². The Balaban J connectivity index is 2.27. The zero-order chi connectivity index (χ0) is 13.2. The maximum absolute atomic E-state index is 5.77. The fourth-order valence-corrected chi connectivity index (χ4v) is 2.13.